The number of benzene rings is 7. The van der Waals surface area contributed by atoms with Crippen LogP contribution in [0.4, 0.5) is 0 Å². The molecule has 4 aromatic heterocycles. The smallest absolute Gasteiger partial charge is 0.235 e. The van der Waals surface area contributed by atoms with E-state index in [1.807, 2.05) is 6.07 Å². The molecular formula is C45H27N5. The van der Waals surface area contributed by atoms with Crippen LogP contribution in [0.2, 0.25) is 0 Å². The standard InChI is InChI=1S/C45H27N5/c1-3-15-29(16-4-1)41-34-27-26-28-14-7-8-19-31(28)42(34)48-45(47-41)50-38-25-13-21-33-32-20-9-11-23-36(32)49-37-24-12-10-22-35(37)46-44(49)40(39(33)38)43(50)30-17-5-2-6-18-30/h1-27H. The summed E-state index contributed by atoms with van der Waals surface area (Å²) in [5.41, 5.74) is 10.0. The first-order chi connectivity index (χ1) is 24.8. The number of rotatable bonds is 3. The fourth-order valence-corrected chi connectivity index (χ4v) is 7.96. The van der Waals surface area contributed by atoms with Crippen LogP contribution in [0, 0.1) is 0 Å². The Hall–Kier alpha value is -6.85. The summed E-state index contributed by atoms with van der Waals surface area (Å²) in [7, 11) is 0. The lowest BCUT2D eigenvalue weighted by atomic mass is 10.0. The van der Waals surface area contributed by atoms with Crippen LogP contribution in [0.5, 0.6) is 0 Å². The Labute approximate surface area is 286 Å². The molecule has 0 spiro atoms. The van der Waals surface area contributed by atoms with Gasteiger partial charge in [0, 0.05) is 27.1 Å². The highest BCUT2D eigenvalue weighted by atomic mass is 15.2. The fourth-order valence-electron chi connectivity index (χ4n) is 7.96. The van der Waals surface area contributed by atoms with Gasteiger partial charge in [0.1, 0.15) is 5.65 Å². The Bertz CT molecular complexity index is 3140. The first kappa shape index (κ1) is 27.1. The average Bonchev–Trinajstić information content (AvgIpc) is 3.71. The van der Waals surface area contributed by atoms with E-state index in [9.17, 15) is 0 Å². The third kappa shape index (κ3) is 3.74. The molecule has 0 aliphatic heterocycles. The van der Waals surface area contributed by atoms with Gasteiger partial charge in [0.2, 0.25) is 5.95 Å². The lowest BCUT2D eigenvalue weighted by Crippen LogP contribution is -2.05. The molecule has 50 heavy (non-hydrogen) atoms. The Morgan fingerprint density at radius 3 is 1.90 bits per heavy atom. The highest BCUT2D eigenvalue weighted by molar-refractivity contribution is 6.26. The van der Waals surface area contributed by atoms with Gasteiger partial charge >= 0.3 is 0 Å². The predicted octanol–water partition coefficient (Wildman–Crippen LogP) is 11.2. The van der Waals surface area contributed by atoms with Crippen LogP contribution in [0.15, 0.2) is 164 Å². The first-order valence-corrected chi connectivity index (χ1v) is 16.9. The maximum Gasteiger partial charge on any atom is 0.235 e. The van der Waals surface area contributed by atoms with E-state index >= 15 is 0 Å². The summed E-state index contributed by atoms with van der Waals surface area (Å²) in [6.07, 6.45) is 0. The van der Waals surface area contributed by atoms with Gasteiger partial charge in [-0.25, -0.2) is 15.0 Å². The maximum absolute atomic E-state index is 5.48. The van der Waals surface area contributed by atoms with Gasteiger partial charge in [-0.3, -0.25) is 8.97 Å². The van der Waals surface area contributed by atoms with Crippen molar-refractivity contribution in [3.05, 3.63) is 164 Å². The van der Waals surface area contributed by atoms with E-state index in [-0.39, 0.29) is 0 Å². The molecule has 0 amide bonds. The first-order valence-electron chi connectivity index (χ1n) is 16.9. The summed E-state index contributed by atoms with van der Waals surface area (Å²) in [5.74, 6) is 0.622. The molecule has 4 heterocycles. The van der Waals surface area contributed by atoms with Crippen LogP contribution in [-0.2, 0) is 0 Å². The monoisotopic (exact) mass is 637 g/mol. The van der Waals surface area contributed by atoms with Crippen LogP contribution >= 0.6 is 0 Å². The zero-order valence-corrected chi connectivity index (χ0v) is 26.8. The maximum atomic E-state index is 5.48. The van der Waals surface area contributed by atoms with Gasteiger partial charge < -0.3 is 0 Å². The number of imidazole rings is 1. The predicted molar refractivity (Wildman–Crippen MR) is 206 cm³/mol. The van der Waals surface area contributed by atoms with E-state index in [1.54, 1.807) is 0 Å². The zero-order chi connectivity index (χ0) is 32.8. The summed E-state index contributed by atoms with van der Waals surface area (Å²) in [4.78, 5) is 16.4. The molecule has 11 aromatic rings. The summed E-state index contributed by atoms with van der Waals surface area (Å²) >= 11 is 0. The van der Waals surface area contributed by atoms with E-state index in [1.165, 1.54) is 0 Å². The quantitative estimate of drug-likeness (QED) is 0.181. The summed E-state index contributed by atoms with van der Waals surface area (Å²) in [6, 6.07) is 57.6. The van der Waals surface area contributed by atoms with Gasteiger partial charge in [0.15, 0.2) is 0 Å². The second kappa shape index (κ2) is 10.3. The molecule has 0 aliphatic rings. The van der Waals surface area contributed by atoms with Crippen molar-refractivity contribution in [2.45, 2.75) is 0 Å². The lowest BCUT2D eigenvalue weighted by Gasteiger charge is -2.15. The molecule has 0 N–H and O–H groups in total. The molecule has 7 aromatic carbocycles. The minimum atomic E-state index is 0.622. The molecule has 0 saturated heterocycles. The molecule has 5 nitrogen and oxygen atoms in total. The summed E-state index contributed by atoms with van der Waals surface area (Å²) in [5, 5.41) is 7.79. The number of hydrogen-bond acceptors (Lipinski definition) is 3. The van der Waals surface area contributed by atoms with Crippen LogP contribution in [-0.4, -0.2) is 23.9 Å². The molecule has 0 aliphatic carbocycles. The lowest BCUT2D eigenvalue weighted by molar-refractivity contribution is 0.994. The van der Waals surface area contributed by atoms with Crippen LogP contribution in [0.25, 0.3) is 99.4 Å². The molecule has 0 atom stereocenters. The van der Waals surface area contributed by atoms with Crippen molar-refractivity contribution >= 4 is 70.9 Å². The number of aromatic nitrogens is 5. The molecule has 11 rings (SSSR count). The van der Waals surface area contributed by atoms with Gasteiger partial charge in [-0.15, -0.1) is 0 Å². The molecule has 0 radical (unpaired) electrons. The molecule has 0 unspecified atom stereocenters. The van der Waals surface area contributed by atoms with Gasteiger partial charge in [0.05, 0.1) is 44.4 Å². The molecule has 0 saturated carbocycles. The van der Waals surface area contributed by atoms with E-state index < -0.39 is 0 Å². The molecule has 0 bridgehead atoms. The highest BCUT2D eigenvalue weighted by Gasteiger charge is 2.26. The Morgan fingerprint density at radius 2 is 1.06 bits per heavy atom. The number of nitrogens with zero attached hydrogens (tertiary/aromatic N) is 5. The van der Waals surface area contributed by atoms with Gasteiger partial charge in [-0.1, -0.05) is 133 Å². The second-order valence-electron chi connectivity index (χ2n) is 12.8. The molecule has 5 heteroatoms. The van der Waals surface area contributed by atoms with Crippen LogP contribution < -0.4 is 0 Å². The van der Waals surface area contributed by atoms with Crippen molar-refractivity contribution in [1.82, 2.24) is 23.9 Å². The van der Waals surface area contributed by atoms with E-state index in [0.29, 0.717) is 5.95 Å². The number of para-hydroxylation sites is 3. The SMILES string of the molecule is c1ccc(-c2nc(-n3c(-c4ccccc4)c4c5c(cccc53)c3ccccc3n3c5ccccc5nc43)nc3c2ccc2ccccc23)cc1. The zero-order valence-electron chi connectivity index (χ0n) is 26.8. The molecule has 232 valence electrons. The largest absolute Gasteiger partial charge is 0.292 e. The topological polar surface area (TPSA) is 48.0 Å². The highest BCUT2D eigenvalue weighted by Crippen LogP contribution is 2.44. The van der Waals surface area contributed by atoms with E-state index in [2.05, 4.69) is 167 Å². The van der Waals surface area contributed by atoms with Gasteiger partial charge in [-0.05, 0) is 46.7 Å². The van der Waals surface area contributed by atoms with Crippen molar-refractivity contribution in [1.29, 1.82) is 0 Å². The third-order valence-corrected chi connectivity index (χ3v) is 10.1. The van der Waals surface area contributed by atoms with Crippen molar-refractivity contribution < 1.29 is 0 Å². The second-order valence-corrected chi connectivity index (χ2v) is 12.8. The van der Waals surface area contributed by atoms with Crippen molar-refractivity contribution in [2.75, 3.05) is 0 Å². The number of fused-ring (bicyclic) bond motifs is 10. The minimum absolute atomic E-state index is 0.622. The Balaban J connectivity index is 1.42. The van der Waals surface area contributed by atoms with Crippen LogP contribution in [0.1, 0.15) is 0 Å². The summed E-state index contributed by atoms with van der Waals surface area (Å²) < 4.78 is 4.61. The normalized spacial score (nSPS) is 12.0. The van der Waals surface area contributed by atoms with Gasteiger partial charge in [0.25, 0.3) is 0 Å². The fraction of sp³-hybridized carbons (Fsp3) is 0. The number of hydrogen-bond donors (Lipinski definition) is 0. The molecular weight excluding hydrogens is 611 g/mol. The Morgan fingerprint density at radius 1 is 0.400 bits per heavy atom. The minimum Gasteiger partial charge on any atom is -0.292 e. The van der Waals surface area contributed by atoms with E-state index in [0.717, 1.165) is 93.4 Å². The Kier molecular flexibility index (Phi) is 5.60. The van der Waals surface area contributed by atoms with E-state index in [4.69, 9.17) is 15.0 Å². The average molecular weight is 638 g/mol. The van der Waals surface area contributed by atoms with Crippen molar-refractivity contribution in [3.63, 3.8) is 0 Å². The van der Waals surface area contributed by atoms with Crippen molar-refractivity contribution in [3.8, 4) is 28.5 Å². The van der Waals surface area contributed by atoms with Crippen molar-refractivity contribution in [2.24, 2.45) is 0 Å². The summed E-state index contributed by atoms with van der Waals surface area (Å²) in [6.45, 7) is 0. The van der Waals surface area contributed by atoms with Crippen LogP contribution in [0.3, 0.4) is 0 Å². The van der Waals surface area contributed by atoms with Gasteiger partial charge in [-0.2, -0.15) is 0 Å². The molecule has 0 fully saturated rings. The third-order valence-electron chi connectivity index (χ3n) is 10.1.